The van der Waals surface area contributed by atoms with Crippen molar-refractivity contribution >= 4 is 6.03 Å². The van der Waals surface area contributed by atoms with Crippen LogP contribution in [-0.2, 0) is 0 Å². The van der Waals surface area contributed by atoms with E-state index in [0.717, 1.165) is 19.6 Å². The summed E-state index contributed by atoms with van der Waals surface area (Å²) in [5.74, 6) is 0.666. The Morgan fingerprint density at radius 3 is 3.00 bits per heavy atom. The Kier molecular flexibility index (Phi) is 2.75. The van der Waals surface area contributed by atoms with E-state index in [1.807, 2.05) is 0 Å². The molecule has 2 saturated heterocycles. The van der Waals surface area contributed by atoms with Gasteiger partial charge in [0.05, 0.1) is 12.1 Å². The minimum atomic E-state index is 0.181. The zero-order chi connectivity index (χ0) is 11.0. The summed E-state index contributed by atoms with van der Waals surface area (Å²) in [5, 5.41) is 6.55. The topological polar surface area (TPSA) is 44.4 Å². The molecule has 3 rings (SSSR count). The summed E-state index contributed by atoms with van der Waals surface area (Å²) < 4.78 is 0. The molecule has 3 atom stereocenters. The number of urea groups is 1. The van der Waals surface area contributed by atoms with E-state index >= 15 is 0 Å². The fourth-order valence-electron chi connectivity index (χ4n) is 3.45. The summed E-state index contributed by atoms with van der Waals surface area (Å²) in [6, 6.07) is 1.12. The fraction of sp³-hybridized carbons (Fsp3) is 0.917. The average Bonchev–Trinajstić information content (AvgIpc) is 2.84. The summed E-state index contributed by atoms with van der Waals surface area (Å²) in [6.45, 7) is 3.19. The van der Waals surface area contributed by atoms with Crippen LogP contribution in [0, 0.1) is 5.92 Å². The van der Waals surface area contributed by atoms with Gasteiger partial charge in [-0.05, 0) is 51.1 Å². The lowest BCUT2D eigenvalue weighted by atomic mass is 9.98. The number of carbonyl (C=O) groups is 1. The second kappa shape index (κ2) is 4.24. The second-order valence-electron chi connectivity index (χ2n) is 5.42. The second-order valence-corrected chi connectivity index (χ2v) is 5.42. The van der Waals surface area contributed by atoms with Crippen molar-refractivity contribution in [2.45, 2.75) is 44.2 Å². The van der Waals surface area contributed by atoms with Crippen LogP contribution in [0.25, 0.3) is 0 Å². The number of fused-ring (bicyclic) bond motifs is 1. The van der Waals surface area contributed by atoms with Gasteiger partial charge in [0.2, 0.25) is 0 Å². The first kappa shape index (κ1) is 10.4. The molecule has 90 valence electrons. The van der Waals surface area contributed by atoms with Crippen LogP contribution in [-0.4, -0.2) is 42.6 Å². The molecule has 2 heterocycles. The van der Waals surface area contributed by atoms with Gasteiger partial charge in [0.25, 0.3) is 0 Å². The Morgan fingerprint density at radius 1 is 1.25 bits per heavy atom. The van der Waals surface area contributed by atoms with Crippen molar-refractivity contribution in [3.05, 3.63) is 0 Å². The van der Waals surface area contributed by atoms with Gasteiger partial charge in [0, 0.05) is 6.54 Å². The number of carbonyl (C=O) groups excluding carboxylic acids is 1. The van der Waals surface area contributed by atoms with Crippen LogP contribution in [0.1, 0.15) is 32.1 Å². The Bertz CT molecular complexity index is 275. The molecular formula is C12H21N3O. The smallest absolute Gasteiger partial charge is 0.318 e. The molecule has 4 nitrogen and oxygen atoms in total. The van der Waals surface area contributed by atoms with E-state index in [-0.39, 0.29) is 6.03 Å². The Labute approximate surface area is 96.8 Å². The minimum absolute atomic E-state index is 0.181. The van der Waals surface area contributed by atoms with Crippen LogP contribution in [0.3, 0.4) is 0 Å². The first-order valence-corrected chi connectivity index (χ1v) is 6.62. The third kappa shape index (κ3) is 1.79. The van der Waals surface area contributed by atoms with E-state index in [1.54, 1.807) is 0 Å². The molecule has 3 fully saturated rings. The van der Waals surface area contributed by atoms with Gasteiger partial charge >= 0.3 is 6.03 Å². The van der Waals surface area contributed by atoms with Crippen LogP contribution < -0.4 is 10.6 Å². The average molecular weight is 223 g/mol. The maximum Gasteiger partial charge on any atom is 0.318 e. The van der Waals surface area contributed by atoms with E-state index in [1.165, 1.54) is 32.1 Å². The first-order valence-electron chi connectivity index (χ1n) is 6.62. The van der Waals surface area contributed by atoms with E-state index in [9.17, 15) is 4.79 Å². The van der Waals surface area contributed by atoms with Crippen molar-refractivity contribution in [2.24, 2.45) is 5.92 Å². The number of nitrogens with one attached hydrogen (secondary N) is 2. The monoisotopic (exact) mass is 223 g/mol. The molecule has 0 aromatic carbocycles. The highest BCUT2D eigenvalue weighted by atomic mass is 16.2. The van der Waals surface area contributed by atoms with E-state index in [2.05, 4.69) is 15.5 Å². The normalized spacial score (nSPS) is 38.6. The number of amides is 2. The molecule has 4 heteroatoms. The third-order valence-corrected chi connectivity index (χ3v) is 4.30. The van der Waals surface area contributed by atoms with Gasteiger partial charge in [-0.25, -0.2) is 4.79 Å². The predicted octanol–water partition coefficient (Wildman–Crippen LogP) is 0.932. The van der Waals surface area contributed by atoms with Gasteiger partial charge in [-0.1, -0.05) is 0 Å². The fourth-order valence-corrected chi connectivity index (χ4v) is 3.45. The lowest BCUT2D eigenvalue weighted by molar-refractivity contribution is 0.181. The molecule has 0 radical (unpaired) electrons. The van der Waals surface area contributed by atoms with Crippen molar-refractivity contribution in [2.75, 3.05) is 19.6 Å². The molecule has 3 aliphatic rings. The van der Waals surface area contributed by atoms with Gasteiger partial charge in [-0.2, -0.15) is 0 Å². The maximum absolute atomic E-state index is 11.9. The zero-order valence-electron chi connectivity index (χ0n) is 9.74. The van der Waals surface area contributed by atoms with E-state index < -0.39 is 0 Å². The van der Waals surface area contributed by atoms with Gasteiger partial charge in [0.1, 0.15) is 0 Å². The van der Waals surface area contributed by atoms with Crippen LogP contribution in [0.2, 0.25) is 0 Å². The Hall–Kier alpha value is -0.770. The molecule has 1 aliphatic carbocycles. The highest BCUT2D eigenvalue weighted by molar-refractivity contribution is 5.77. The molecule has 0 aromatic rings. The highest BCUT2D eigenvalue weighted by Gasteiger charge is 2.42. The SMILES string of the molecule is O=C1NC2CCCC2N1CC1CCCNC1. The van der Waals surface area contributed by atoms with Crippen LogP contribution >= 0.6 is 0 Å². The summed E-state index contributed by atoms with van der Waals surface area (Å²) in [4.78, 5) is 14.0. The standard InChI is InChI=1S/C12H21N3O/c16-12-14-10-4-1-5-11(10)15(12)8-9-3-2-6-13-7-9/h9-11,13H,1-8H2,(H,14,16). The molecule has 2 amide bonds. The lowest BCUT2D eigenvalue weighted by Crippen LogP contribution is -2.42. The molecule has 2 aliphatic heterocycles. The van der Waals surface area contributed by atoms with Crippen molar-refractivity contribution in [3.8, 4) is 0 Å². The van der Waals surface area contributed by atoms with Crippen molar-refractivity contribution in [1.82, 2.24) is 15.5 Å². The van der Waals surface area contributed by atoms with E-state index in [4.69, 9.17) is 0 Å². The summed E-state index contributed by atoms with van der Waals surface area (Å²) >= 11 is 0. The molecule has 0 aromatic heterocycles. The quantitative estimate of drug-likeness (QED) is 0.731. The molecule has 1 saturated carbocycles. The summed E-state index contributed by atoms with van der Waals surface area (Å²) in [7, 11) is 0. The first-order chi connectivity index (χ1) is 7.84. The molecule has 2 N–H and O–H groups in total. The van der Waals surface area contributed by atoms with Gasteiger partial charge in [-0.15, -0.1) is 0 Å². The van der Waals surface area contributed by atoms with E-state index in [0.29, 0.717) is 18.0 Å². The van der Waals surface area contributed by atoms with Gasteiger partial charge in [-0.3, -0.25) is 0 Å². The maximum atomic E-state index is 11.9. The Morgan fingerprint density at radius 2 is 2.19 bits per heavy atom. The minimum Gasteiger partial charge on any atom is -0.333 e. The zero-order valence-corrected chi connectivity index (χ0v) is 9.74. The number of nitrogens with zero attached hydrogens (tertiary/aromatic N) is 1. The molecule has 0 bridgehead atoms. The molecular weight excluding hydrogens is 202 g/mol. The highest BCUT2D eigenvalue weighted by Crippen LogP contribution is 2.30. The number of rotatable bonds is 2. The molecule has 3 unspecified atom stereocenters. The summed E-state index contributed by atoms with van der Waals surface area (Å²) in [5.41, 5.74) is 0. The Balaban J connectivity index is 1.62. The predicted molar refractivity (Wildman–Crippen MR) is 62.3 cm³/mol. The van der Waals surface area contributed by atoms with Crippen molar-refractivity contribution in [3.63, 3.8) is 0 Å². The van der Waals surface area contributed by atoms with Crippen LogP contribution in [0.4, 0.5) is 4.79 Å². The third-order valence-electron chi connectivity index (χ3n) is 4.30. The number of piperidine rings is 1. The van der Waals surface area contributed by atoms with Crippen molar-refractivity contribution < 1.29 is 4.79 Å². The summed E-state index contributed by atoms with van der Waals surface area (Å²) in [6.07, 6.45) is 6.18. The number of hydrogen-bond acceptors (Lipinski definition) is 2. The van der Waals surface area contributed by atoms with Gasteiger partial charge in [0.15, 0.2) is 0 Å². The largest absolute Gasteiger partial charge is 0.333 e. The molecule has 0 spiro atoms. The lowest BCUT2D eigenvalue weighted by Gasteiger charge is -2.30. The van der Waals surface area contributed by atoms with Crippen molar-refractivity contribution in [1.29, 1.82) is 0 Å². The number of hydrogen-bond donors (Lipinski definition) is 2. The molecule has 16 heavy (non-hydrogen) atoms. The van der Waals surface area contributed by atoms with Gasteiger partial charge < -0.3 is 15.5 Å². The van der Waals surface area contributed by atoms with Crippen LogP contribution in [0.15, 0.2) is 0 Å². The van der Waals surface area contributed by atoms with Crippen LogP contribution in [0.5, 0.6) is 0 Å².